The summed E-state index contributed by atoms with van der Waals surface area (Å²) >= 11 is 5.96. The molecule has 0 bridgehead atoms. The molecule has 0 aliphatic carbocycles. The first kappa shape index (κ1) is 14.7. The molecule has 106 valence electrons. The zero-order valence-corrected chi connectivity index (χ0v) is 12.7. The Kier molecular flexibility index (Phi) is 5.12. The molecule has 1 aliphatic heterocycles. The second-order valence-electron chi connectivity index (χ2n) is 6.00. The number of nitrogens with zero attached hydrogens (tertiary/aromatic N) is 1. The Morgan fingerprint density at radius 2 is 2.11 bits per heavy atom. The van der Waals surface area contributed by atoms with Crippen LogP contribution in [0.5, 0.6) is 5.75 Å². The maximum Gasteiger partial charge on any atom is 0.134 e. The van der Waals surface area contributed by atoms with Crippen LogP contribution >= 0.6 is 11.6 Å². The van der Waals surface area contributed by atoms with Gasteiger partial charge in [-0.1, -0.05) is 31.5 Å². The van der Waals surface area contributed by atoms with Gasteiger partial charge in [0.05, 0.1) is 5.02 Å². The van der Waals surface area contributed by atoms with Crippen molar-refractivity contribution < 1.29 is 5.11 Å². The largest absolute Gasteiger partial charge is 0.506 e. The van der Waals surface area contributed by atoms with Gasteiger partial charge in [-0.25, -0.2) is 0 Å². The van der Waals surface area contributed by atoms with Crippen LogP contribution in [0.2, 0.25) is 5.02 Å². The predicted octanol–water partition coefficient (Wildman–Crippen LogP) is 4.30. The van der Waals surface area contributed by atoms with Crippen molar-refractivity contribution in [3.05, 3.63) is 28.8 Å². The number of hydrogen-bond donors (Lipinski definition) is 1. The second kappa shape index (κ2) is 6.62. The first-order valence-electron chi connectivity index (χ1n) is 7.26. The Morgan fingerprint density at radius 3 is 2.79 bits per heavy atom. The first-order valence-corrected chi connectivity index (χ1v) is 7.64. The van der Waals surface area contributed by atoms with Gasteiger partial charge in [-0.05, 0) is 61.9 Å². The van der Waals surface area contributed by atoms with E-state index < -0.39 is 0 Å². The van der Waals surface area contributed by atoms with Crippen LogP contribution in [0, 0.1) is 11.8 Å². The third-order valence-electron chi connectivity index (χ3n) is 4.23. The maximum absolute atomic E-state index is 9.44. The molecule has 2 rings (SSSR count). The van der Waals surface area contributed by atoms with Gasteiger partial charge in [0.25, 0.3) is 0 Å². The van der Waals surface area contributed by atoms with Crippen LogP contribution < -0.4 is 0 Å². The van der Waals surface area contributed by atoms with E-state index in [1.165, 1.54) is 37.9 Å². The van der Waals surface area contributed by atoms with E-state index in [-0.39, 0.29) is 5.75 Å². The summed E-state index contributed by atoms with van der Waals surface area (Å²) in [4.78, 5) is 2.51. The fourth-order valence-corrected chi connectivity index (χ4v) is 3.12. The van der Waals surface area contributed by atoms with Gasteiger partial charge in [0.2, 0.25) is 0 Å². The maximum atomic E-state index is 9.44. The number of aromatic hydroxyl groups is 1. The Morgan fingerprint density at radius 1 is 1.32 bits per heavy atom. The Labute approximate surface area is 121 Å². The summed E-state index contributed by atoms with van der Waals surface area (Å²) in [6.45, 7) is 7.94. The van der Waals surface area contributed by atoms with Gasteiger partial charge in [-0.15, -0.1) is 0 Å². The van der Waals surface area contributed by atoms with E-state index in [2.05, 4.69) is 18.7 Å². The Hall–Kier alpha value is -0.730. The molecule has 1 aromatic carbocycles. The lowest BCUT2D eigenvalue weighted by Gasteiger charge is -2.21. The molecule has 0 aromatic heterocycles. The number of likely N-dealkylation sites (tertiary alicyclic amines) is 1. The molecular formula is C16H24ClNO. The zero-order valence-electron chi connectivity index (χ0n) is 11.9. The average molecular weight is 282 g/mol. The normalized spacial score (nSPS) is 21.6. The SMILES string of the molecule is CC(C)C1CCCN(Cc2ccc(O)c(Cl)c2)CC1. The van der Waals surface area contributed by atoms with Crippen LogP contribution in [0.25, 0.3) is 0 Å². The summed E-state index contributed by atoms with van der Waals surface area (Å²) in [7, 11) is 0. The molecule has 0 amide bonds. The number of halogens is 1. The molecule has 1 aliphatic rings. The van der Waals surface area contributed by atoms with E-state index in [0.717, 1.165) is 18.4 Å². The van der Waals surface area contributed by atoms with Crippen LogP contribution in [0.3, 0.4) is 0 Å². The van der Waals surface area contributed by atoms with E-state index in [1.54, 1.807) is 6.07 Å². The number of hydrogen-bond acceptors (Lipinski definition) is 2. The Balaban J connectivity index is 1.94. The molecule has 19 heavy (non-hydrogen) atoms. The van der Waals surface area contributed by atoms with Crippen LogP contribution in [-0.4, -0.2) is 23.1 Å². The van der Waals surface area contributed by atoms with Gasteiger partial charge in [-0.2, -0.15) is 0 Å². The van der Waals surface area contributed by atoms with Crippen molar-refractivity contribution in [2.24, 2.45) is 11.8 Å². The monoisotopic (exact) mass is 281 g/mol. The number of benzene rings is 1. The van der Waals surface area contributed by atoms with Crippen molar-refractivity contribution in [2.75, 3.05) is 13.1 Å². The lowest BCUT2D eigenvalue weighted by atomic mass is 9.89. The van der Waals surface area contributed by atoms with Gasteiger partial charge >= 0.3 is 0 Å². The number of phenolic OH excluding ortho intramolecular Hbond substituents is 1. The quantitative estimate of drug-likeness (QED) is 0.893. The first-order chi connectivity index (χ1) is 9.06. The van der Waals surface area contributed by atoms with Crippen molar-refractivity contribution >= 4 is 11.6 Å². The lowest BCUT2D eigenvalue weighted by molar-refractivity contribution is 0.264. The Bertz CT molecular complexity index is 419. The van der Waals surface area contributed by atoms with Gasteiger partial charge in [0.15, 0.2) is 0 Å². The fourth-order valence-electron chi connectivity index (χ4n) is 2.91. The highest BCUT2D eigenvalue weighted by Crippen LogP contribution is 2.27. The van der Waals surface area contributed by atoms with E-state index in [0.29, 0.717) is 5.02 Å². The number of phenols is 1. The highest BCUT2D eigenvalue weighted by atomic mass is 35.5. The standard InChI is InChI=1S/C16H24ClNO/c1-12(2)14-4-3-8-18(9-7-14)11-13-5-6-16(19)15(17)10-13/h5-6,10,12,14,19H,3-4,7-9,11H2,1-2H3. The molecule has 1 fully saturated rings. The molecule has 1 N–H and O–H groups in total. The van der Waals surface area contributed by atoms with Gasteiger partial charge in [0, 0.05) is 6.54 Å². The minimum atomic E-state index is 0.168. The third kappa shape index (κ3) is 4.12. The molecule has 1 unspecified atom stereocenters. The zero-order chi connectivity index (χ0) is 13.8. The second-order valence-corrected chi connectivity index (χ2v) is 6.40. The predicted molar refractivity (Wildman–Crippen MR) is 80.6 cm³/mol. The smallest absolute Gasteiger partial charge is 0.134 e. The van der Waals surface area contributed by atoms with Crippen molar-refractivity contribution in [2.45, 2.75) is 39.7 Å². The van der Waals surface area contributed by atoms with Crippen LogP contribution in [0.15, 0.2) is 18.2 Å². The molecule has 1 atom stereocenters. The van der Waals surface area contributed by atoms with Crippen molar-refractivity contribution in [3.63, 3.8) is 0 Å². The van der Waals surface area contributed by atoms with Gasteiger partial charge < -0.3 is 5.11 Å². The minimum Gasteiger partial charge on any atom is -0.506 e. The van der Waals surface area contributed by atoms with Gasteiger partial charge in [-0.3, -0.25) is 4.90 Å². The van der Waals surface area contributed by atoms with E-state index in [1.807, 2.05) is 12.1 Å². The highest BCUT2D eigenvalue weighted by Gasteiger charge is 2.19. The average Bonchev–Trinajstić information content (AvgIpc) is 2.59. The van der Waals surface area contributed by atoms with E-state index in [4.69, 9.17) is 11.6 Å². The van der Waals surface area contributed by atoms with Gasteiger partial charge in [0.1, 0.15) is 5.75 Å². The molecular weight excluding hydrogens is 258 g/mol. The van der Waals surface area contributed by atoms with Crippen molar-refractivity contribution in [1.29, 1.82) is 0 Å². The van der Waals surface area contributed by atoms with E-state index in [9.17, 15) is 5.11 Å². The molecule has 0 spiro atoms. The molecule has 1 aromatic rings. The van der Waals surface area contributed by atoms with E-state index >= 15 is 0 Å². The number of rotatable bonds is 3. The highest BCUT2D eigenvalue weighted by molar-refractivity contribution is 6.32. The third-order valence-corrected chi connectivity index (χ3v) is 4.53. The van der Waals surface area contributed by atoms with Crippen molar-refractivity contribution in [1.82, 2.24) is 4.90 Å². The van der Waals surface area contributed by atoms with Crippen LogP contribution in [0.1, 0.15) is 38.7 Å². The molecule has 0 saturated carbocycles. The summed E-state index contributed by atoms with van der Waals surface area (Å²) in [5.74, 6) is 1.83. The summed E-state index contributed by atoms with van der Waals surface area (Å²) in [5.41, 5.74) is 1.19. The summed E-state index contributed by atoms with van der Waals surface area (Å²) in [5, 5.41) is 9.90. The topological polar surface area (TPSA) is 23.5 Å². The molecule has 2 nitrogen and oxygen atoms in total. The molecule has 0 radical (unpaired) electrons. The van der Waals surface area contributed by atoms with Crippen molar-refractivity contribution in [3.8, 4) is 5.75 Å². The molecule has 1 heterocycles. The fraction of sp³-hybridized carbons (Fsp3) is 0.625. The van der Waals surface area contributed by atoms with Crippen LogP contribution in [0.4, 0.5) is 0 Å². The van der Waals surface area contributed by atoms with Crippen LogP contribution in [-0.2, 0) is 6.54 Å². The summed E-state index contributed by atoms with van der Waals surface area (Å²) in [6.07, 6.45) is 3.93. The molecule has 3 heteroatoms. The molecule has 1 saturated heterocycles. The lowest BCUT2D eigenvalue weighted by Crippen LogP contribution is -2.24. The summed E-state index contributed by atoms with van der Waals surface area (Å²) in [6, 6.07) is 5.53. The minimum absolute atomic E-state index is 0.168. The summed E-state index contributed by atoms with van der Waals surface area (Å²) < 4.78 is 0.